The molecule has 2 amide bonds. The Labute approximate surface area is 263 Å². The van der Waals surface area contributed by atoms with Crippen LogP contribution >= 0.6 is 12.2 Å². The summed E-state index contributed by atoms with van der Waals surface area (Å²) in [7, 11) is 0. The molecular weight excluding hydrogens is 565 g/mol. The van der Waals surface area contributed by atoms with Gasteiger partial charge in [-0.05, 0) is 51.8 Å². The number of thiocarbonyl (C=S) groups is 1. The topological polar surface area (TPSA) is 64.7 Å². The van der Waals surface area contributed by atoms with Gasteiger partial charge in [0.05, 0.1) is 23.7 Å². The molecule has 7 heteroatoms. The summed E-state index contributed by atoms with van der Waals surface area (Å²) < 4.78 is 0. The SMILES string of the molecule is O=C(Cc1cccc2ccccc12)NC(=S)Nc1ccccc1C(=O)N1CCN(C(c2ccccc2)c2ccccc2)CC1. The summed E-state index contributed by atoms with van der Waals surface area (Å²) in [5, 5.41) is 8.17. The fourth-order valence-corrected chi connectivity index (χ4v) is 6.18. The van der Waals surface area contributed by atoms with Crippen LogP contribution < -0.4 is 10.6 Å². The largest absolute Gasteiger partial charge is 0.336 e. The van der Waals surface area contributed by atoms with E-state index in [0.29, 0.717) is 24.3 Å². The predicted molar refractivity (Wildman–Crippen MR) is 181 cm³/mol. The van der Waals surface area contributed by atoms with Crippen molar-refractivity contribution in [1.82, 2.24) is 15.1 Å². The maximum Gasteiger partial charge on any atom is 0.256 e. The number of carbonyl (C=O) groups excluding carboxylic acids is 2. The minimum Gasteiger partial charge on any atom is -0.336 e. The van der Waals surface area contributed by atoms with Crippen molar-refractivity contribution in [2.24, 2.45) is 0 Å². The lowest BCUT2D eigenvalue weighted by molar-refractivity contribution is -0.119. The average molecular weight is 599 g/mol. The number of rotatable bonds is 7. The maximum atomic E-state index is 13.7. The summed E-state index contributed by atoms with van der Waals surface area (Å²) in [6.45, 7) is 2.71. The molecule has 2 N–H and O–H groups in total. The minimum atomic E-state index is -0.217. The van der Waals surface area contributed by atoms with Gasteiger partial charge in [-0.25, -0.2) is 0 Å². The highest BCUT2D eigenvalue weighted by Crippen LogP contribution is 2.30. The van der Waals surface area contributed by atoms with Crippen LogP contribution in [0.15, 0.2) is 127 Å². The number of nitrogens with zero attached hydrogens (tertiary/aromatic N) is 2. The summed E-state index contributed by atoms with van der Waals surface area (Å²) >= 11 is 5.49. The van der Waals surface area contributed by atoms with Crippen molar-refractivity contribution < 1.29 is 9.59 Å². The Morgan fingerprint density at radius 2 is 1.27 bits per heavy atom. The van der Waals surface area contributed by atoms with Crippen molar-refractivity contribution in [3.8, 4) is 0 Å². The van der Waals surface area contributed by atoms with Gasteiger partial charge in [-0.15, -0.1) is 0 Å². The van der Waals surface area contributed by atoms with E-state index in [1.807, 2.05) is 77.7 Å². The van der Waals surface area contributed by atoms with E-state index in [4.69, 9.17) is 12.2 Å². The number of carbonyl (C=O) groups is 2. The van der Waals surface area contributed by atoms with Crippen LogP contribution in [-0.4, -0.2) is 52.9 Å². The molecule has 6 rings (SSSR count). The molecule has 0 saturated carbocycles. The Morgan fingerprint density at radius 1 is 0.682 bits per heavy atom. The van der Waals surface area contributed by atoms with Crippen LogP contribution in [-0.2, 0) is 11.2 Å². The molecule has 0 aromatic heterocycles. The fourth-order valence-electron chi connectivity index (χ4n) is 5.96. The van der Waals surface area contributed by atoms with Gasteiger partial charge < -0.3 is 15.5 Å². The number of fused-ring (bicyclic) bond motifs is 1. The molecule has 1 aliphatic rings. The zero-order chi connectivity index (χ0) is 30.3. The fraction of sp³-hybridized carbons (Fsp3) is 0.162. The van der Waals surface area contributed by atoms with Crippen LogP contribution in [0.1, 0.15) is 33.1 Å². The summed E-state index contributed by atoms with van der Waals surface area (Å²) in [5.41, 5.74) is 4.50. The molecule has 0 unspecified atom stereocenters. The van der Waals surface area contributed by atoms with E-state index in [1.165, 1.54) is 11.1 Å². The van der Waals surface area contributed by atoms with Crippen LogP contribution in [0.5, 0.6) is 0 Å². The van der Waals surface area contributed by atoms with E-state index in [2.05, 4.69) is 64.1 Å². The van der Waals surface area contributed by atoms with E-state index >= 15 is 0 Å². The zero-order valence-electron chi connectivity index (χ0n) is 24.4. The van der Waals surface area contributed by atoms with Crippen molar-refractivity contribution in [3.63, 3.8) is 0 Å². The number of para-hydroxylation sites is 1. The Morgan fingerprint density at radius 3 is 1.98 bits per heavy atom. The van der Waals surface area contributed by atoms with E-state index in [9.17, 15) is 9.59 Å². The number of piperazine rings is 1. The van der Waals surface area contributed by atoms with Crippen LogP contribution in [0.4, 0.5) is 5.69 Å². The number of nitrogens with one attached hydrogen (secondary N) is 2. The highest BCUT2D eigenvalue weighted by molar-refractivity contribution is 7.80. The molecule has 0 spiro atoms. The molecule has 5 aromatic rings. The van der Waals surface area contributed by atoms with Gasteiger partial charge in [0.1, 0.15) is 0 Å². The quantitative estimate of drug-likeness (QED) is 0.211. The Bertz CT molecular complexity index is 1720. The summed E-state index contributed by atoms with van der Waals surface area (Å²) in [4.78, 5) is 31.0. The number of amides is 2. The van der Waals surface area contributed by atoms with Gasteiger partial charge in [0.15, 0.2) is 5.11 Å². The van der Waals surface area contributed by atoms with E-state index in [0.717, 1.165) is 29.4 Å². The van der Waals surface area contributed by atoms with Crippen molar-refractivity contribution >= 4 is 45.6 Å². The molecule has 44 heavy (non-hydrogen) atoms. The Balaban J connectivity index is 1.10. The van der Waals surface area contributed by atoms with Crippen LogP contribution in [0.3, 0.4) is 0 Å². The first-order valence-corrected chi connectivity index (χ1v) is 15.3. The van der Waals surface area contributed by atoms with E-state index in [-0.39, 0.29) is 29.4 Å². The molecule has 0 bridgehead atoms. The van der Waals surface area contributed by atoms with Gasteiger partial charge in [0, 0.05) is 26.2 Å². The van der Waals surface area contributed by atoms with E-state index < -0.39 is 0 Å². The lowest BCUT2D eigenvalue weighted by Gasteiger charge is -2.40. The van der Waals surface area contributed by atoms with Gasteiger partial charge in [0.25, 0.3) is 5.91 Å². The van der Waals surface area contributed by atoms with Gasteiger partial charge >= 0.3 is 0 Å². The molecule has 0 aliphatic carbocycles. The van der Waals surface area contributed by atoms with Gasteiger partial charge in [-0.2, -0.15) is 0 Å². The van der Waals surface area contributed by atoms with E-state index in [1.54, 1.807) is 6.07 Å². The minimum absolute atomic E-state index is 0.0615. The third kappa shape index (κ3) is 6.70. The molecule has 1 heterocycles. The second kappa shape index (κ2) is 13.6. The van der Waals surface area contributed by atoms with Crippen LogP contribution in [0.25, 0.3) is 10.8 Å². The number of hydrogen-bond donors (Lipinski definition) is 2. The molecule has 6 nitrogen and oxygen atoms in total. The third-order valence-corrected chi connectivity index (χ3v) is 8.29. The standard InChI is InChI=1S/C37H34N4O2S/c42-34(26-30-18-11-17-27-12-7-8-19-31(27)30)39-37(44)38-33-21-10-9-20-32(33)36(43)41-24-22-40(23-25-41)35(28-13-3-1-4-14-28)29-15-5-2-6-16-29/h1-21,35H,22-26H2,(H2,38,39,42,44). The van der Waals surface area contributed by atoms with Crippen molar-refractivity contribution in [3.05, 3.63) is 150 Å². The van der Waals surface area contributed by atoms with Crippen molar-refractivity contribution in [1.29, 1.82) is 0 Å². The number of benzene rings is 5. The summed E-state index contributed by atoms with van der Waals surface area (Å²) in [5.74, 6) is -0.279. The van der Waals surface area contributed by atoms with Gasteiger partial charge in [-0.1, -0.05) is 115 Å². The molecule has 1 fully saturated rings. The molecule has 220 valence electrons. The lowest BCUT2D eigenvalue weighted by atomic mass is 9.96. The average Bonchev–Trinajstić information content (AvgIpc) is 3.06. The van der Waals surface area contributed by atoms with Gasteiger partial charge in [0.2, 0.25) is 5.91 Å². The van der Waals surface area contributed by atoms with Crippen molar-refractivity contribution in [2.45, 2.75) is 12.5 Å². The molecule has 0 radical (unpaired) electrons. The molecule has 5 aromatic carbocycles. The second-order valence-electron chi connectivity index (χ2n) is 10.9. The predicted octanol–water partition coefficient (Wildman–Crippen LogP) is 6.44. The lowest BCUT2D eigenvalue weighted by Crippen LogP contribution is -2.50. The summed E-state index contributed by atoms with van der Waals surface area (Å²) in [6, 6.07) is 42.4. The number of anilines is 1. The van der Waals surface area contributed by atoms with Crippen LogP contribution in [0, 0.1) is 0 Å². The molecule has 0 atom stereocenters. The molecule has 1 aliphatic heterocycles. The number of hydrogen-bond acceptors (Lipinski definition) is 4. The van der Waals surface area contributed by atoms with Gasteiger partial charge in [-0.3, -0.25) is 14.5 Å². The normalized spacial score (nSPS) is 13.5. The highest BCUT2D eigenvalue weighted by Gasteiger charge is 2.29. The Hall–Kier alpha value is -4.85. The smallest absolute Gasteiger partial charge is 0.256 e. The molecule has 1 saturated heterocycles. The maximum absolute atomic E-state index is 13.7. The summed E-state index contributed by atoms with van der Waals surface area (Å²) in [6.07, 6.45) is 0.195. The van der Waals surface area contributed by atoms with Crippen LogP contribution in [0.2, 0.25) is 0 Å². The first-order chi connectivity index (χ1) is 21.6. The second-order valence-corrected chi connectivity index (χ2v) is 11.3. The Kier molecular flexibility index (Phi) is 9.06. The van der Waals surface area contributed by atoms with Crippen molar-refractivity contribution in [2.75, 3.05) is 31.5 Å². The first-order valence-electron chi connectivity index (χ1n) is 14.9. The molecular formula is C37H34N4O2S. The third-order valence-electron chi connectivity index (χ3n) is 8.09. The monoisotopic (exact) mass is 598 g/mol. The first kappa shape index (κ1) is 29.2. The zero-order valence-corrected chi connectivity index (χ0v) is 25.2. The highest BCUT2D eigenvalue weighted by atomic mass is 32.1.